The summed E-state index contributed by atoms with van der Waals surface area (Å²) in [5, 5.41) is 44.9. The van der Waals surface area contributed by atoms with Crippen molar-refractivity contribution in [1.29, 1.82) is 0 Å². The van der Waals surface area contributed by atoms with Gasteiger partial charge in [0, 0.05) is 13.0 Å². The van der Waals surface area contributed by atoms with Crippen LogP contribution in [0.25, 0.3) is 0 Å². The quantitative estimate of drug-likeness (QED) is 0.327. The van der Waals surface area contributed by atoms with Crippen LogP contribution in [0.2, 0.25) is 0 Å². The second-order valence-corrected chi connectivity index (χ2v) is 6.45. The van der Waals surface area contributed by atoms with Crippen molar-refractivity contribution in [2.45, 2.75) is 43.3 Å². The minimum atomic E-state index is -0.840. The molecule has 3 aliphatic heterocycles. The lowest BCUT2D eigenvalue weighted by Gasteiger charge is -2.48. The van der Waals surface area contributed by atoms with E-state index in [2.05, 4.69) is 15.6 Å². The zero-order chi connectivity index (χ0) is 17.7. The molecular weight excluding hydrogens is 334 g/mol. The number of rotatable bonds is 3. The van der Waals surface area contributed by atoms with Crippen molar-refractivity contribution in [3.05, 3.63) is 12.0 Å². The number of aliphatic hydroxyl groups excluding tert-OH is 4. The molecule has 0 radical (unpaired) electrons. The first-order chi connectivity index (χ1) is 12.0. The maximum Gasteiger partial charge on any atom is 0.276 e. The average Bonchev–Trinajstić information content (AvgIpc) is 3.19. The predicted octanol–water partition coefficient (Wildman–Crippen LogP) is -3.32. The minimum Gasteiger partial charge on any atom is -0.394 e. The summed E-state index contributed by atoms with van der Waals surface area (Å²) in [5.74, 6) is 0.0164. The summed E-state index contributed by atoms with van der Waals surface area (Å²) in [7, 11) is 0. The Morgan fingerprint density at radius 3 is 2.76 bits per heavy atom. The number of hydrogen-bond acceptors (Lipinski definition) is 9. The zero-order valence-electron chi connectivity index (χ0n) is 13.3. The zero-order valence-corrected chi connectivity index (χ0v) is 13.3. The van der Waals surface area contributed by atoms with Crippen molar-refractivity contribution in [3.63, 3.8) is 0 Å². The van der Waals surface area contributed by atoms with Gasteiger partial charge in [0.05, 0.1) is 37.8 Å². The van der Waals surface area contributed by atoms with Crippen molar-refractivity contribution in [2.75, 3.05) is 24.7 Å². The van der Waals surface area contributed by atoms with Crippen LogP contribution in [-0.2, 0) is 4.74 Å². The maximum atomic E-state index is 12.3. The van der Waals surface area contributed by atoms with E-state index in [1.165, 1.54) is 6.33 Å². The van der Waals surface area contributed by atoms with Crippen LogP contribution in [0.1, 0.15) is 23.1 Å². The smallest absolute Gasteiger partial charge is 0.276 e. The molecule has 1 aromatic heterocycles. The Balaban J connectivity index is 1.75. The first-order valence-electron chi connectivity index (χ1n) is 8.18. The van der Waals surface area contributed by atoms with E-state index >= 15 is 0 Å². The van der Waals surface area contributed by atoms with Crippen molar-refractivity contribution in [2.24, 2.45) is 0 Å². The molecule has 1 amide bonds. The number of nitrogens with zero attached hydrogens (tertiary/aromatic N) is 3. The molecule has 0 saturated carbocycles. The van der Waals surface area contributed by atoms with E-state index in [0.29, 0.717) is 5.82 Å². The molecule has 4 rings (SSSR count). The van der Waals surface area contributed by atoms with Crippen LogP contribution >= 0.6 is 0 Å². The molecule has 0 bridgehead atoms. The fraction of sp³-hybridized carbons (Fsp3) is 0.714. The number of ether oxygens (including phenoxy) is 1. The van der Waals surface area contributed by atoms with E-state index < -0.39 is 36.9 Å². The van der Waals surface area contributed by atoms with E-state index in [4.69, 9.17) is 4.74 Å². The number of aromatic nitrogens is 2. The largest absolute Gasteiger partial charge is 0.394 e. The monoisotopic (exact) mass is 355 g/mol. The van der Waals surface area contributed by atoms with Crippen LogP contribution in [0.3, 0.4) is 0 Å². The number of carbonyl (C=O) groups is 1. The Kier molecular flexibility index (Phi) is 4.14. The molecule has 11 nitrogen and oxygen atoms in total. The van der Waals surface area contributed by atoms with Gasteiger partial charge in [-0.1, -0.05) is 0 Å². The van der Waals surface area contributed by atoms with Crippen LogP contribution < -0.4 is 15.5 Å². The lowest BCUT2D eigenvalue weighted by atomic mass is 10.1. The highest BCUT2D eigenvalue weighted by Gasteiger charge is 2.46. The molecule has 25 heavy (non-hydrogen) atoms. The highest BCUT2D eigenvalue weighted by Crippen LogP contribution is 2.37. The third kappa shape index (κ3) is 2.51. The molecular formula is C14H21N5O6. The van der Waals surface area contributed by atoms with Gasteiger partial charge >= 0.3 is 0 Å². The molecule has 2 saturated heterocycles. The van der Waals surface area contributed by atoms with E-state index in [-0.39, 0.29) is 37.8 Å². The molecule has 4 heterocycles. The second kappa shape index (κ2) is 6.20. The number of fused-ring (bicyclic) bond motifs is 3. The Hall–Kier alpha value is -1.76. The summed E-state index contributed by atoms with van der Waals surface area (Å²) in [6, 6.07) is -0.638. The van der Waals surface area contributed by atoms with Crippen LogP contribution in [-0.4, -0.2) is 86.3 Å². The Morgan fingerprint density at radius 2 is 2.08 bits per heavy atom. The van der Waals surface area contributed by atoms with Gasteiger partial charge in [0.2, 0.25) is 0 Å². The second-order valence-electron chi connectivity index (χ2n) is 6.45. The average molecular weight is 355 g/mol. The third-order valence-corrected chi connectivity index (χ3v) is 4.98. The first-order valence-corrected chi connectivity index (χ1v) is 8.18. The molecule has 3 unspecified atom stereocenters. The Labute approximate surface area is 142 Å². The standard InChI is InChI=1S/C14H21N5O6/c20-3-6-8(23)2-15-14-17-12(24)11-13(19(6)14)18(5-16-11)10-1-7(22)9(4-21)25-10/h5-10,14-15,20-23H,1-4H2,(H,17,24)/t6?,7-,8?,9+,10-,14?/m0/s1. The van der Waals surface area contributed by atoms with Gasteiger partial charge < -0.3 is 35.4 Å². The van der Waals surface area contributed by atoms with E-state index in [0.717, 1.165) is 0 Å². The molecule has 11 heteroatoms. The maximum absolute atomic E-state index is 12.3. The topological polar surface area (TPSA) is 152 Å². The van der Waals surface area contributed by atoms with Crippen LogP contribution in [0, 0.1) is 0 Å². The van der Waals surface area contributed by atoms with Crippen molar-refractivity contribution >= 4 is 11.7 Å². The number of anilines is 1. The van der Waals surface area contributed by atoms with Crippen molar-refractivity contribution in [3.8, 4) is 0 Å². The molecule has 0 aliphatic carbocycles. The van der Waals surface area contributed by atoms with Gasteiger partial charge in [-0.15, -0.1) is 0 Å². The highest BCUT2D eigenvalue weighted by atomic mass is 16.5. The molecule has 6 atom stereocenters. The predicted molar refractivity (Wildman–Crippen MR) is 82.5 cm³/mol. The van der Waals surface area contributed by atoms with Crippen molar-refractivity contribution in [1.82, 2.24) is 20.2 Å². The number of nitrogens with one attached hydrogen (secondary N) is 2. The van der Waals surface area contributed by atoms with Gasteiger partial charge in [-0.2, -0.15) is 0 Å². The molecule has 138 valence electrons. The lowest BCUT2D eigenvalue weighted by molar-refractivity contribution is -0.0444. The number of hydrogen-bond donors (Lipinski definition) is 6. The molecule has 2 fully saturated rings. The number of amides is 1. The number of aliphatic hydroxyl groups is 4. The fourth-order valence-electron chi connectivity index (χ4n) is 3.68. The SMILES string of the molecule is O=C1NC2NCC(O)C(CO)N2c2c1ncn2[C@@H]1C[C@H](O)[C@@H](CO)O1. The van der Waals surface area contributed by atoms with Gasteiger partial charge in [0.15, 0.2) is 12.0 Å². The van der Waals surface area contributed by atoms with Gasteiger partial charge in [0.1, 0.15) is 18.1 Å². The van der Waals surface area contributed by atoms with Gasteiger partial charge in [-0.3, -0.25) is 14.7 Å². The van der Waals surface area contributed by atoms with E-state index in [1.807, 2.05) is 0 Å². The summed E-state index contributed by atoms with van der Waals surface area (Å²) in [6.07, 6.45) is -1.94. The highest BCUT2D eigenvalue weighted by molar-refractivity contribution is 5.99. The van der Waals surface area contributed by atoms with Gasteiger partial charge in [0.25, 0.3) is 5.91 Å². The van der Waals surface area contributed by atoms with Crippen molar-refractivity contribution < 1.29 is 30.0 Å². The minimum absolute atomic E-state index is 0.149. The lowest BCUT2D eigenvalue weighted by Crippen LogP contribution is -2.72. The molecule has 6 N–H and O–H groups in total. The number of carbonyl (C=O) groups excluding carboxylic acids is 1. The Bertz CT molecular complexity index is 668. The normalized spacial score (nSPS) is 37.6. The first kappa shape index (κ1) is 16.7. The van der Waals surface area contributed by atoms with E-state index in [1.54, 1.807) is 9.47 Å². The molecule has 0 spiro atoms. The summed E-state index contributed by atoms with van der Waals surface area (Å²) in [5.41, 5.74) is 0.149. The molecule has 3 aliphatic rings. The molecule has 1 aromatic rings. The summed E-state index contributed by atoms with van der Waals surface area (Å²) in [6.45, 7) is -0.407. The van der Waals surface area contributed by atoms with Crippen LogP contribution in [0.5, 0.6) is 0 Å². The van der Waals surface area contributed by atoms with Gasteiger partial charge in [-0.05, 0) is 0 Å². The third-order valence-electron chi connectivity index (χ3n) is 4.98. The van der Waals surface area contributed by atoms with Gasteiger partial charge in [-0.25, -0.2) is 4.98 Å². The number of β-amino-alcohol motifs (C(OH)–C–C–N with tert-alkyl or cyclic N) is 1. The summed E-state index contributed by atoms with van der Waals surface area (Å²) >= 11 is 0. The fourth-order valence-corrected chi connectivity index (χ4v) is 3.68. The van der Waals surface area contributed by atoms with Crippen LogP contribution in [0.4, 0.5) is 5.82 Å². The van der Waals surface area contributed by atoms with E-state index in [9.17, 15) is 25.2 Å². The number of imidazole rings is 1. The summed E-state index contributed by atoms with van der Waals surface area (Å²) < 4.78 is 7.26. The Morgan fingerprint density at radius 1 is 1.28 bits per heavy atom. The molecule has 0 aromatic carbocycles. The van der Waals surface area contributed by atoms with Crippen LogP contribution in [0.15, 0.2) is 6.33 Å². The summed E-state index contributed by atoms with van der Waals surface area (Å²) in [4.78, 5) is 18.1.